The van der Waals surface area contributed by atoms with Crippen LogP contribution in [0.3, 0.4) is 0 Å². The summed E-state index contributed by atoms with van der Waals surface area (Å²) in [6, 6.07) is 0. The Morgan fingerprint density at radius 2 is 2.35 bits per heavy atom. The first-order valence-corrected chi connectivity index (χ1v) is 7.18. The van der Waals surface area contributed by atoms with E-state index in [1.807, 2.05) is 0 Å². The van der Waals surface area contributed by atoms with Crippen molar-refractivity contribution < 1.29 is 8.42 Å². The second-order valence-electron chi connectivity index (χ2n) is 3.28. The minimum atomic E-state index is -3.40. The number of H-pyrrole nitrogens is 1. The molecule has 0 aliphatic heterocycles. The maximum atomic E-state index is 11.5. The molecule has 0 radical (unpaired) electrons. The van der Waals surface area contributed by atoms with Crippen LogP contribution in [0.2, 0.25) is 0 Å². The van der Waals surface area contributed by atoms with E-state index >= 15 is 0 Å². The Hall–Kier alpha value is -1.68. The number of nitrogens with two attached hydrogens (primary N) is 1. The molecule has 0 unspecified atom stereocenters. The number of nitrogens with one attached hydrogen (secondary N) is 2. The lowest BCUT2D eigenvalue weighted by atomic mass is 10.5. The van der Waals surface area contributed by atoms with Gasteiger partial charge in [-0.2, -0.15) is 9.47 Å². The Bertz CT molecular complexity index is 602. The Kier molecular flexibility index (Phi) is 2.98. The van der Waals surface area contributed by atoms with Gasteiger partial charge in [-0.05, 0) is 11.5 Å². The lowest BCUT2D eigenvalue weighted by molar-refractivity contribution is 0.602. The summed E-state index contributed by atoms with van der Waals surface area (Å²) in [5, 5.41) is 9.64. The van der Waals surface area contributed by atoms with Gasteiger partial charge in [-0.3, -0.25) is 5.10 Å². The molecule has 0 saturated heterocycles. The van der Waals surface area contributed by atoms with Crippen molar-refractivity contribution in [1.82, 2.24) is 19.6 Å². The van der Waals surface area contributed by atoms with Gasteiger partial charge in [0.25, 0.3) is 0 Å². The van der Waals surface area contributed by atoms with Gasteiger partial charge in [-0.25, -0.2) is 13.4 Å². The number of anilines is 2. The molecule has 2 heterocycles. The van der Waals surface area contributed by atoms with Crippen molar-refractivity contribution in [3.8, 4) is 0 Å². The first-order valence-electron chi connectivity index (χ1n) is 4.52. The molecule has 2 rings (SSSR count). The van der Waals surface area contributed by atoms with Gasteiger partial charge in [0.2, 0.25) is 0 Å². The number of nitrogens with zero attached hydrogens (tertiary/aromatic N) is 3. The summed E-state index contributed by atoms with van der Waals surface area (Å²) < 4.78 is 26.8. The van der Waals surface area contributed by atoms with E-state index in [1.54, 1.807) is 0 Å². The smallest absolute Gasteiger partial charge is 0.182 e. The van der Waals surface area contributed by atoms with Crippen LogP contribution in [0.5, 0.6) is 0 Å². The highest BCUT2D eigenvalue weighted by Crippen LogP contribution is 2.31. The van der Waals surface area contributed by atoms with Gasteiger partial charge >= 0.3 is 0 Å². The molecule has 0 saturated carbocycles. The Morgan fingerprint density at radius 3 is 2.94 bits per heavy atom. The Balaban J connectivity index is 2.22. The Labute approximate surface area is 101 Å². The molecule has 4 N–H and O–H groups in total. The van der Waals surface area contributed by atoms with Crippen molar-refractivity contribution in [3.63, 3.8) is 0 Å². The van der Waals surface area contributed by atoms with Gasteiger partial charge in [0.1, 0.15) is 22.0 Å². The van der Waals surface area contributed by atoms with Crippen molar-refractivity contribution in [2.75, 3.05) is 17.3 Å². The molecule has 2 aromatic rings. The van der Waals surface area contributed by atoms with Crippen molar-refractivity contribution >= 4 is 32.2 Å². The van der Waals surface area contributed by atoms with Gasteiger partial charge in [0.05, 0.1) is 6.54 Å². The molecule has 0 aliphatic carbocycles. The summed E-state index contributed by atoms with van der Waals surface area (Å²) in [6.45, 7) is 0.324. The fourth-order valence-corrected chi connectivity index (χ4v) is 3.31. The van der Waals surface area contributed by atoms with Crippen molar-refractivity contribution in [3.05, 3.63) is 12.2 Å². The number of nitrogen functional groups attached to an aromatic ring is 1. The summed E-state index contributed by atoms with van der Waals surface area (Å²) >= 11 is 0.998. The maximum Gasteiger partial charge on any atom is 0.182 e. The van der Waals surface area contributed by atoms with E-state index in [0.717, 1.165) is 17.8 Å². The molecular formula is C7H10N6O2S2. The molecule has 92 valence electrons. The van der Waals surface area contributed by atoms with Gasteiger partial charge < -0.3 is 11.1 Å². The largest absolute Gasteiger partial charge is 0.382 e. The number of rotatable bonds is 4. The molecule has 0 bridgehead atoms. The lowest BCUT2D eigenvalue weighted by Gasteiger charge is -2.03. The molecule has 17 heavy (non-hydrogen) atoms. The first-order chi connectivity index (χ1) is 7.98. The minimum Gasteiger partial charge on any atom is -0.382 e. The van der Waals surface area contributed by atoms with E-state index < -0.39 is 9.84 Å². The highest BCUT2D eigenvalue weighted by atomic mass is 32.2. The average Bonchev–Trinajstić information content (AvgIpc) is 2.82. The number of hydrogen-bond acceptors (Lipinski definition) is 8. The van der Waals surface area contributed by atoms with Crippen LogP contribution in [0.25, 0.3) is 0 Å². The van der Waals surface area contributed by atoms with Crippen LogP contribution < -0.4 is 11.1 Å². The number of aromatic amines is 1. The van der Waals surface area contributed by atoms with Crippen LogP contribution in [-0.4, -0.2) is 34.2 Å². The van der Waals surface area contributed by atoms with Crippen LogP contribution in [0.4, 0.5) is 10.8 Å². The molecule has 10 heteroatoms. The molecular weight excluding hydrogens is 264 g/mol. The van der Waals surface area contributed by atoms with Gasteiger partial charge in [0.15, 0.2) is 15.7 Å². The number of aromatic nitrogens is 4. The van der Waals surface area contributed by atoms with Crippen LogP contribution in [0.1, 0.15) is 5.82 Å². The fraction of sp³-hybridized carbons (Fsp3) is 0.286. The molecule has 2 aromatic heterocycles. The fourth-order valence-electron chi connectivity index (χ4n) is 1.24. The summed E-state index contributed by atoms with van der Waals surface area (Å²) in [5.41, 5.74) is 5.52. The molecule has 0 atom stereocenters. The SMILES string of the molecule is CS(=O)(=O)c1c(N)nsc1NCc1ncn[nH]1. The average molecular weight is 274 g/mol. The Morgan fingerprint density at radius 1 is 1.59 bits per heavy atom. The molecule has 8 nitrogen and oxygen atoms in total. The molecule has 0 fully saturated rings. The molecule has 0 amide bonds. The van der Waals surface area contributed by atoms with E-state index in [0.29, 0.717) is 17.4 Å². The standard InChI is InChI=1S/C7H10N6O2S2/c1-17(14,15)5-6(8)13-16-7(5)9-2-4-10-3-11-12-4/h3,9H,2H2,1H3,(H2,8,13)(H,10,11,12). The molecule has 0 aromatic carbocycles. The summed E-state index contributed by atoms with van der Waals surface area (Å²) in [5.74, 6) is 0.606. The number of hydrogen-bond donors (Lipinski definition) is 3. The summed E-state index contributed by atoms with van der Waals surface area (Å²) in [6.07, 6.45) is 2.46. The topological polar surface area (TPSA) is 127 Å². The molecule has 0 aliphatic rings. The van der Waals surface area contributed by atoms with Crippen molar-refractivity contribution in [1.29, 1.82) is 0 Å². The van der Waals surface area contributed by atoms with Gasteiger partial charge in [-0.15, -0.1) is 0 Å². The second-order valence-corrected chi connectivity index (χ2v) is 6.01. The predicted molar refractivity (Wildman–Crippen MR) is 63.3 cm³/mol. The normalized spacial score (nSPS) is 11.6. The van der Waals surface area contributed by atoms with Gasteiger partial charge in [0, 0.05) is 6.26 Å². The zero-order chi connectivity index (χ0) is 12.5. The summed E-state index contributed by atoms with van der Waals surface area (Å²) in [4.78, 5) is 3.93. The second kappa shape index (κ2) is 4.30. The zero-order valence-corrected chi connectivity index (χ0v) is 10.5. The van der Waals surface area contributed by atoms with Crippen LogP contribution in [-0.2, 0) is 16.4 Å². The third-order valence-corrected chi connectivity index (χ3v) is 4.03. The van der Waals surface area contributed by atoms with E-state index in [2.05, 4.69) is 24.9 Å². The third kappa shape index (κ3) is 2.53. The lowest BCUT2D eigenvalue weighted by Crippen LogP contribution is -2.06. The number of sulfone groups is 1. The quantitative estimate of drug-likeness (QED) is 0.708. The minimum absolute atomic E-state index is 0.0116. The predicted octanol–water partition coefficient (Wildman–Crippen LogP) is -0.141. The summed E-state index contributed by atoms with van der Waals surface area (Å²) in [7, 11) is -3.40. The van der Waals surface area contributed by atoms with E-state index in [1.165, 1.54) is 6.33 Å². The first kappa shape index (κ1) is 11.8. The van der Waals surface area contributed by atoms with Crippen molar-refractivity contribution in [2.24, 2.45) is 0 Å². The van der Waals surface area contributed by atoms with Crippen LogP contribution >= 0.6 is 11.5 Å². The highest BCUT2D eigenvalue weighted by molar-refractivity contribution is 7.91. The van der Waals surface area contributed by atoms with E-state index in [9.17, 15) is 8.42 Å². The van der Waals surface area contributed by atoms with Crippen LogP contribution in [0.15, 0.2) is 11.2 Å². The highest BCUT2D eigenvalue weighted by Gasteiger charge is 2.21. The van der Waals surface area contributed by atoms with Gasteiger partial charge in [-0.1, -0.05) is 0 Å². The van der Waals surface area contributed by atoms with Crippen molar-refractivity contribution in [2.45, 2.75) is 11.4 Å². The van der Waals surface area contributed by atoms with Crippen LogP contribution in [0, 0.1) is 0 Å². The monoisotopic (exact) mass is 274 g/mol. The third-order valence-electron chi connectivity index (χ3n) is 1.93. The molecule has 0 spiro atoms. The zero-order valence-electron chi connectivity index (χ0n) is 8.84. The maximum absolute atomic E-state index is 11.5. The van der Waals surface area contributed by atoms with E-state index in [-0.39, 0.29) is 10.7 Å². The van der Waals surface area contributed by atoms with E-state index in [4.69, 9.17) is 5.73 Å².